The summed E-state index contributed by atoms with van der Waals surface area (Å²) in [6.07, 6.45) is 2.24. The molecule has 0 aliphatic carbocycles. The average Bonchev–Trinajstić information content (AvgIpc) is 2.63. The summed E-state index contributed by atoms with van der Waals surface area (Å²) in [5, 5.41) is 5.64. The van der Waals surface area contributed by atoms with Crippen molar-refractivity contribution in [2.24, 2.45) is 0 Å². The lowest BCUT2D eigenvalue weighted by Gasteiger charge is -2.17. The fourth-order valence-corrected chi connectivity index (χ4v) is 2.84. The van der Waals surface area contributed by atoms with Crippen molar-refractivity contribution in [1.29, 1.82) is 0 Å². The SMILES string of the molecule is CCCNC(=O)CCn1c([C@H](C)[NH2+]CCC)nc2ccccc2c1=O. The number of quaternary nitrogens is 1. The smallest absolute Gasteiger partial charge is 0.261 e. The molecule has 0 aliphatic rings. The molecule has 1 aromatic carbocycles. The number of para-hydroxylation sites is 1. The highest BCUT2D eigenvalue weighted by Crippen LogP contribution is 2.12. The molecular weight excluding hydrogens is 316 g/mol. The maximum atomic E-state index is 12.9. The van der Waals surface area contributed by atoms with Crippen molar-refractivity contribution in [1.82, 2.24) is 14.9 Å². The largest absolute Gasteiger partial charge is 0.356 e. The fourth-order valence-electron chi connectivity index (χ4n) is 2.84. The second-order valence-electron chi connectivity index (χ2n) is 6.36. The topological polar surface area (TPSA) is 80.6 Å². The van der Waals surface area contributed by atoms with Crippen molar-refractivity contribution < 1.29 is 10.1 Å². The Bertz CT molecular complexity index is 770. The lowest BCUT2D eigenvalue weighted by atomic mass is 10.2. The number of fused-ring (bicyclic) bond motifs is 1. The van der Waals surface area contributed by atoms with Crippen molar-refractivity contribution in [2.45, 2.75) is 52.6 Å². The van der Waals surface area contributed by atoms with E-state index in [-0.39, 0.29) is 23.9 Å². The van der Waals surface area contributed by atoms with Gasteiger partial charge in [0.05, 0.1) is 17.4 Å². The fraction of sp³-hybridized carbons (Fsp3) is 0.526. The van der Waals surface area contributed by atoms with Gasteiger partial charge in [0.25, 0.3) is 5.56 Å². The van der Waals surface area contributed by atoms with Crippen molar-refractivity contribution in [3.63, 3.8) is 0 Å². The molecule has 2 rings (SSSR count). The molecule has 0 bridgehead atoms. The van der Waals surface area contributed by atoms with E-state index in [1.165, 1.54) is 0 Å². The van der Waals surface area contributed by atoms with Crippen LogP contribution < -0.4 is 16.2 Å². The molecule has 1 heterocycles. The Kier molecular flexibility index (Phi) is 7.13. The third-order valence-electron chi connectivity index (χ3n) is 4.24. The highest BCUT2D eigenvalue weighted by molar-refractivity contribution is 5.78. The Labute approximate surface area is 148 Å². The molecule has 6 nitrogen and oxygen atoms in total. The minimum Gasteiger partial charge on any atom is -0.356 e. The predicted octanol–water partition coefficient (Wildman–Crippen LogP) is 1.35. The number of benzene rings is 1. The van der Waals surface area contributed by atoms with E-state index in [9.17, 15) is 9.59 Å². The number of aromatic nitrogens is 2. The first-order valence-electron chi connectivity index (χ1n) is 9.18. The molecule has 0 saturated carbocycles. The second-order valence-corrected chi connectivity index (χ2v) is 6.36. The van der Waals surface area contributed by atoms with Crippen LogP contribution in [0.2, 0.25) is 0 Å². The van der Waals surface area contributed by atoms with Crippen LogP contribution in [0, 0.1) is 0 Å². The van der Waals surface area contributed by atoms with Crippen LogP contribution in [-0.4, -0.2) is 28.5 Å². The summed E-state index contributed by atoms with van der Waals surface area (Å²) in [7, 11) is 0. The molecule has 0 radical (unpaired) electrons. The predicted molar refractivity (Wildman–Crippen MR) is 99.4 cm³/mol. The van der Waals surface area contributed by atoms with Gasteiger partial charge in [-0.2, -0.15) is 0 Å². The van der Waals surface area contributed by atoms with Crippen molar-refractivity contribution in [3.8, 4) is 0 Å². The van der Waals surface area contributed by atoms with Gasteiger partial charge in [-0.25, -0.2) is 4.98 Å². The first kappa shape index (κ1) is 19.1. The van der Waals surface area contributed by atoms with E-state index in [1.807, 2.05) is 25.1 Å². The van der Waals surface area contributed by atoms with Gasteiger partial charge in [-0.1, -0.05) is 26.0 Å². The Hall–Kier alpha value is -2.21. The summed E-state index contributed by atoms with van der Waals surface area (Å²) in [5.41, 5.74) is 0.645. The van der Waals surface area contributed by atoms with Gasteiger partial charge < -0.3 is 10.6 Å². The van der Waals surface area contributed by atoms with E-state index < -0.39 is 0 Å². The molecule has 0 spiro atoms. The van der Waals surface area contributed by atoms with Crippen molar-refractivity contribution in [2.75, 3.05) is 13.1 Å². The van der Waals surface area contributed by atoms with E-state index in [2.05, 4.69) is 24.5 Å². The van der Waals surface area contributed by atoms with E-state index in [0.29, 0.717) is 24.0 Å². The summed E-state index contributed by atoms with van der Waals surface area (Å²) in [5.74, 6) is 0.707. The van der Waals surface area contributed by atoms with E-state index in [0.717, 1.165) is 25.2 Å². The number of carbonyl (C=O) groups excluding carboxylic acids is 1. The molecule has 136 valence electrons. The number of nitrogens with two attached hydrogens (primary N) is 1. The van der Waals surface area contributed by atoms with Crippen LogP contribution in [0.4, 0.5) is 0 Å². The van der Waals surface area contributed by atoms with Crippen LogP contribution >= 0.6 is 0 Å². The van der Waals surface area contributed by atoms with Crippen molar-refractivity contribution in [3.05, 3.63) is 40.4 Å². The van der Waals surface area contributed by atoms with Gasteiger partial charge in [0.1, 0.15) is 6.04 Å². The Morgan fingerprint density at radius 3 is 2.76 bits per heavy atom. The van der Waals surface area contributed by atoms with Gasteiger partial charge in [0, 0.05) is 19.5 Å². The van der Waals surface area contributed by atoms with Crippen LogP contribution in [0.3, 0.4) is 0 Å². The van der Waals surface area contributed by atoms with E-state index in [4.69, 9.17) is 4.98 Å². The Balaban J connectivity index is 2.35. The van der Waals surface area contributed by atoms with Crippen LogP contribution in [0.5, 0.6) is 0 Å². The maximum absolute atomic E-state index is 12.9. The molecule has 6 heteroatoms. The Morgan fingerprint density at radius 1 is 1.28 bits per heavy atom. The average molecular weight is 345 g/mol. The molecule has 1 amide bonds. The molecule has 0 unspecified atom stereocenters. The molecule has 0 aliphatic heterocycles. The van der Waals surface area contributed by atoms with E-state index in [1.54, 1.807) is 10.6 Å². The van der Waals surface area contributed by atoms with Crippen LogP contribution in [0.25, 0.3) is 10.9 Å². The van der Waals surface area contributed by atoms with Crippen LogP contribution in [-0.2, 0) is 11.3 Å². The van der Waals surface area contributed by atoms with Gasteiger partial charge in [0.15, 0.2) is 5.82 Å². The number of rotatable bonds is 9. The minimum atomic E-state index is -0.0689. The van der Waals surface area contributed by atoms with Crippen molar-refractivity contribution >= 4 is 16.8 Å². The quantitative estimate of drug-likeness (QED) is 0.720. The summed E-state index contributed by atoms with van der Waals surface area (Å²) in [6, 6.07) is 7.46. The molecule has 3 N–H and O–H groups in total. The maximum Gasteiger partial charge on any atom is 0.261 e. The molecule has 1 atom stereocenters. The van der Waals surface area contributed by atoms with Gasteiger partial charge in [-0.15, -0.1) is 0 Å². The summed E-state index contributed by atoms with van der Waals surface area (Å²) >= 11 is 0. The molecule has 0 saturated heterocycles. The lowest BCUT2D eigenvalue weighted by Crippen LogP contribution is -2.85. The highest BCUT2D eigenvalue weighted by Gasteiger charge is 2.19. The second kappa shape index (κ2) is 9.32. The van der Waals surface area contributed by atoms with E-state index >= 15 is 0 Å². The summed E-state index contributed by atoms with van der Waals surface area (Å²) < 4.78 is 1.67. The number of hydrogen-bond acceptors (Lipinski definition) is 3. The number of nitrogens with one attached hydrogen (secondary N) is 1. The normalized spacial score (nSPS) is 12.3. The van der Waals surface area contributed by atoms with Crippen LogP contribution in [0.1, 0.15) is 51.9 Å². The number of carbonyl (C=O) groups is 1. The third kappa shape index (κ3) is 4.89. The molecular formula is C19H29N4O2+. The Morgan fingerprint density at radius 2 is 2.04 bits per heavy atom. The van der Waals surface area contributed by atoms with Gasteiger partial charge in [0.2, 0.25) is 5.91 Å². The first-order valence-corrected chi connectivity index (χ1v) is 9.18. The van der Waals surface area contributed by atoms with Gasteiger partial charge in [-0.3, -0.25) is 14.2 Å². The molecule has 2 aromatic rings. The lowest BCUT2D eigenvalue weighted by molar-refractivity contribution is -0.694. The summed E-state index contributed by atoms with van der Waals surface area (Å²) in [4.78, 5) is 29.6. The molecule has 0 fully saturated rings. The van der Waals surface area contributed by atoms with Crippen LogP contribution in [0.15, 0.2) is 29.1 Å². The zero-order valence-electron chi connectivity index (χ0n) is 15.4. The van der Waals surface area contributed by atoms with Gasteiger partial charge in [-0.05, 0) is 31.9 Å². The number of hydrogen-bond donors (Lipinski definition) is 2. The molecule has 1 aromatic heterocycles. The van der Waals surface area contributed by atoms with Gasteiger partial charge >= 0.3 is 0 Å². The monoisotopic (exact) mass is 345 g/mol. The number of nitrogens with zero attached hydrogens (tertiary/aromatic N) is 2. The zero-order chi connectivity index (χ0) is 18.2. The third-order valence-corrected chi connectivity index (χ3v) is 4.24. The first-order chi connectivity index (χ1) is 12.1. The number of amides is 1. The standard InChI is InChI=1S/C19H28N4O2/c1-4-11-20-14(3)18-22-16-9-7-6-8-15(16)19(25)23(18)13-10-17(24)21-12-5-2/h6-9,14,20H,4-5,10-13H2,1-3H3,(H,21,24)/p+1/t14-/m0/s1. The highest BCUT2D eigenvalue weighted by atomic mass is 16.1. The minimum absolute atomic E-state index is 0.0296. The molecule has 25 heavy (non-hydrogen) atoms. The summed E-state index contributed by atoms with van der Waals surface area (Å²) in [6.45, 7) is 8.19. The zero-order valence-corrected chi connectivity index (χ0v) is 15.4.